The first-order valence-corrected chi connectivity index (χ1v) is 6.61. The lowest BCUT2D eigenvalue weighted by molar-refractivity contribution is -0.125. The van der Waals surface area contributed by atoms with Gasteiger partial charge in [-0.1, -0.05) is 13.3 Å². The van der Waals surface area contributed by atoms with E-state index >= 15 is 0 Å². The fourth-order valence-electron chi connectivity index (χ4n) is 2.83. The second-order valence-corrected chi connectivity index (χ2v) is 5.50. The Labute approximate surface area is 97.6 Å². The van der Waals surface area contributed by atoms with Crippen molar-refractivity contribution in [2.75, 3.05) is 13.2 Å². The molecule has 3 nitrogen and oxygen atoms in total. The second kappa shape index (κ2) is 5.17. The lowest BCUT2D eigenvalue weighted by Crippen LogP contribution is -2.35. The molecule has 2 aliphatic rings. The smallest absolute Gasteiger partial charge is 0.223 e. The van der Waals surface area contributed by atoms with Gasteiger partial charge in [-0.15, -0.1) is 0 Å². The summed E-state index contributed by atoms with van der Waals surface area (Å²) in [5.74, 6) is 1.95. The van der Waals surface area contributed by atoms with Gasteiger partial charge >= 0.3 is 0 Å². The molecule has 16 heavy (non-hydrogen) atoms. The van der Waals surface area contributed by atoms with E-state index in [2.05, 4.69) is 5.32 Å². The summed E-state index contributed by atoms with van der Waals surface area (Å²) in [6.45, 7) is 3.07. The van der Waals surface area contributed by atoms with Crippen molar-refractivity contribution in [1.29, 1.82) is 0 Å². The van der Waals surface area contributed by atoms with Crippen molar-refractivity contribution in [3.63, 3.8) is 0 Å². The summed E-state index contributed by atoms with van der Waals surface area (Å²) < 4.78 is 0. The summed E-state index contributed by atoms with van der Waals surface area (Å²) in [7, 11) is 0. The Kier molecular flexibility index (Phi) is 3.85. The molecule has 2 N–H and O–H groups in total. The van der Waals surface area contributed by atoms with Crippen LogP contribution in [0.5, 0.6) is 0 Å². The van der Waals surface area contributed by atoms with Crippen LogP contribution in [0.3, 0.4) is 0 Å². The zero-order valence-electron chi connectivity index (χ0n) is 10.1. The van der Waals surface area contributed by atoms with Gasteiger partial charge in [0.2, 0.25) is 5.91 Å². The molecule has 3 atom stereocenters. The van der Waals surface area contributed by atoms with Gasteiger partial charge in [0.05, 0.1) is 0 Å². The number of hydrogen-bond acceptors (Lipinski definition) is 2. The fraction of sp³-hybridized carbons (Fsp3) is 0.923. The Balaban J connectivity index is 1.71. The van der Waals surface area contributed by atoms with Gasteiger partial charge in [0.15, 0.2) is 0 Å². The number of amides is 1. The number of rotatable bonds is 5. The summed E-state index contributed by atoms with van der Waals surface area (Å²) in [6, 6.07) is 0. The van der Waals surface area contributed by atoms with E-state index in [0.29, 0.717) is 17.8 Å². The van der Waals surface area contributed by atoms with Crippen LogP contribution in [0.25, 0.3) is 0 Å². The van der Waals surface area contributed by atoms with E-state index in [-0.39, 0.29) is 18.4 Å². The molecule has 3 heteroatoms. The Hall–Kier alpha value is -0.570. The highest BCUT2D eigenvalue weighted by molar-refractivity contribution is 5.78. The van der Waals surface area contributed by atoms with Gasteiger partial charge in [0.25, 0.3) is 0 Å². The van der Waals surface area contributed by atoms with E-state index in [1.165, 1.54) is 19.3 Å². The van der Waals surface area contributed by atoms with E-state index in [9.17, 15) is 9.90 Å². The molecule has 0 bridgehead atoms. The molecule has 1 amide bonds. The highest BCUT2D eigenvalue weighted by atomic mass is 16.3. The minimum atomic E-state index is 0.189. The molecule has 0 radical (unpaired) electrons. The molecule has 0 spiro atoms. The zero-order valence-corrected chi connectivity index (χ0v) is 10.1. The van der Waals surface area contributed by atoms with E-state index in [4.69, 9.17) is 0 Å². The van der Waals surface area contributed by atoms with Crippen molar-refractivity contribution in [1.82, 2.24) is 5.32 Å². The quantitative estimate of drug-likeness (QED) is 0.746. The summed E-state index contributed by atoms with van der Waals surface area (Å²) >= 11 is 0. The van der Waals surface area contributed by atoms with Crippen molar-refractivity contribution in [3.05, 3.63) is 0 Å². The molecule has 2 rings (SSSR count). The summed E-state index contributed by atoms with van der Waals surface area (Å²) in [6.07, 6.45) is 5.91. The topological polar surface area (TPSA) is 49.3 Å². The molecule has 0 aliphatic heterocycles. The maximum Gasteiger partial charge on any atom is 0.223 e. The van der Waals surface area contributed by atoms with E-state index < -0.39 is 0 Å². The number of aliphatic hydroxyl groups excluding tert-OH is 1. The summed E-state index contributed by atoms with van der Waals surface area (Å²) in [5.41, 5.74) is 0. The first kappa shape index (κ1) is 11.9. The minimum Gasteiger partial charge on any atom is -0.396 e. The molecule has 2 fully saturated rings. The van der Waals surface area contributed by atoms with Gasteiger partial charge < -0.3 is 10.4 Å². The van der Waals surface area contributed by atoms with Crippen LogP contribution in [0.15, 0.2) is 0 Å². The van der Waals surface area contributed by atoms with Crippen molar-refractivity contribution in [2.45, 2.75) is 39.0 Å². The average Bonchev–Trinajstić information content (AvgIpc) is 3.04. The first-order valence-electron chi connectivity index (χ1n) is 6.61. The molecule has 3 unspecified atom stereocenters. The monoisotopic (exact) mass is 225 g/mol. The molecule has 0 heterocycles. The van der Waals surface area contributed by atoms with E-state index in [0.717, 1.165) is 19.4 Å². The molecule has 92 valence electrons. The average molecular weight is 225 g/mol. The zero-order chi connectivity index (χ0) is 11.5. The van der Waals surface area contributed by atoms with Gasteiger partial charge in [-0.25, -0.2) is 0 Å². The van der Waals surface area contributed by atoms with Gasteiger partial charge in [0, 0.05) is 19.1 Å². The fourth-order valence-corrected chi connectivity index (χ4v) is 2.83. The lowest BCUT2D eigenvalue weighted by Gasteiger charge is -2.19. The third kappa shape index (κ3) is 2.76. The summed E-state index contributed by atoms with van der Waals surface area (Å²) in [4.78, 5) is 11.8. The first-order chi connectivity index (χ1) is 7.72. The molecule has 0 aromatic carbocycles. The van der Waals surface area contributed by atoms with Gasteiger partial charge in [0.1, 0.15) is 0 Å². The predicted molar refractivity (Wildman–Crippen MR) is 62.8 cm³/mol. The largest absolute Gasteiger partial charge is 0.396 e. The van der Waals surface area contributed by atoms with Crippen LogP contribution in [-0.4, -0.2) is 24.2 Å². The second-order valence-electron chi connectivity index (χ2n) is 5.50. The van der Waals surface area contributed by atoms with Crippen LogP contribution < -0.4 is 5.32 Å². The van der Waals surface area contributed by atoms with Crippen LogP contribution in [0.4, 0.5) is 0 Å². The van der Waals surface area contributed by atoms with Crippen molar-refractivity contribution in [3.8, 4) is 0 Å². The van der Waals surface area contributed by atoms with Crippen LogP contribution in [0.2, 0.25) is 0 Å². The predicted octanol–water partition coefficient (Wildman–Crippen LogP) is 1.56. The van der Waals surface area contributed by atoms with Crippen molar-refractivity contribution in [2.24, 2.45) is 23.7 Å². The highest BCUT2D eigenvalue weighted by Gasteiger charge is 2.33. The van der Waals surface area contributed by atoms with E-state index in [1.54, 1.807) is 0 Å². The number of carbonyl (C=O) groups is 1. The van der Waals surface area contributed by atoms with Crippen LogP contribution in [-0.2, 0) is 4.79 Å². The molecule has 2 saturated carbocycles. The third-order valence-corrected chi connectivity index (χ3v) is 4.33. The van der Waals surface area contributed by atoms with E-state index in [1.807, 2.05) is 6.92 Å². The maximum absolute atomic E-state index is 11.8. The SMILES string of the molecule is CC(C(=O)NCC1CCCC1CO)C1CC1. The number of hydrogen-bond donors (Lipinski definition) is 2. The number of aliphatic hydroxyl groups is 1. The number of carbonyl (C=O) groups excluding carboxylic acids is 1. The molecular weight excluding hydrogens is 202 g/mol. The molecular formula is C13H23NO2. The standard InChI is InChI=1S/C13H23NO2/c1-9(10-5-6-10)13(16)14-7-11-3-2-4-12(11)8-15/h9-12,15H,2-8H2,1H3,(H,14,16). The number of nitrogens with one attached hydrogen (secondary N) is 1. The lowest BCUT2D eigenvalue weighted by atomic mass is 9.96. The normalized spacial score (nSPS) is 31.4. The Morgan fingerprint density at radius 1 is 1.31 bits per heavy atom. The van der Waals surface area contributed by atoms with Crippen molar-refractivity contribution >= 4 is 5.91 Å². The Morgan fingerprint density at radius 3 is 2.62 bits per heavy atom. The van der Waals surface area contributed by atoms with Gasteiger partial charge in [-0.05, 0) is 43.4 Å². The van der Waals surface area contributed by atoms with Crippen LogP contribution in [0.1, 0.15) is 39.0 Å². The molecule has 2 aliphatic carbocycles. The summed E-state index contributed by atoms with van der Waals surface area (Å²) in [5, 5.41) is 12.3. The maximum atomic E-state index is 11.8. The minimum absolute atomic E-state index is 0.189. The molecule has 0 aromatic rings. The van der Waals surface area contributed by atoms with Gasteiger partial charge in [-0.3, -0.25) is 4.79 Å². The Morgan fingerprint density at radius 2 is 2.00 bits per heavy atom. The molecule has 0 aromatic heterocycles. The Bertz CT molecular complexity index is 250. The highest BCUT2D eigenvalue weighted by Crippen LogP contribution is 2.36. The third-order valence-electron chi connectivity index (χ3n) is 4.33. The van der Waals surface area contributed by atoms with Crippen molar-refractivity contribution < 1.29 is 9.90 Å². The van der Waals surface area contributed by atoms with Gasteiger partial charge in [-0.2, -0.15) is 0 Å². The van der Waals surface area contributed by atoms with Crippen LogP contribution >= 0.6 is 0 Å². The van der Waals surface area contributed by atoms with Crippen LogP contribution in [0, 0.1) is 23.7 Å². The molecule has 0 saturated heterocycles.